The minimum Gasteiger partial charge on any atom is -0.303 e. The SMILES string of the molecule is CS(=O)(=O)N1CCN(CC2(C=O)CCCC2)CC1. The predicted octanol–water partition coefficient (Wildman–Crippen LogP) is 0.323. The second-order valence-corrected chi connectivity index (χ2v) is 7.61. The molecule has 5 nitrogen and oxygen atoms in total. The van der Waals surface area contributed by atoms with Crippen molar-refractivity contribution in [2.75, 3.05) is 39.0 Å². The molecule has 0 radical (unpaired) electrons. The fourth-order valence-corrected chi connectivity index (χ4v) is 3.88. The highest BCUT2D eigenvalue weighted by Crippen LogP contribution is 2.37. The quantitative estimate of drug-likeness (QED) is 0.693. The molecule has 0 aromatic carbocycles. The summed E-state index contributed by atoms with van der Waals surface area (Å²) in [5.41, 5.74) is -0.159. The number of piperazine rings is 1. The first kappa shape index (κ1) is 14.0. The summed E-state index contributed by atoms with van der Waals surface area (Å²) in [4.78, 5) is 13.5. The molecule has 0 aromatic heterocycles. The van der Waals surface area contributed by atoms with Crippen LogP contribution in [0.2, 0.25) is 0 Å². The molecular weight excluding hydrogens is 252 g/mol. The Morgan fingerprint density at radius 3 is 2.11 bits per heavy atom. The fourth-order valence-electron chi connectivity index (χ4n) is 3.06. The summed E-state index contributed by atoms with van der Waals surface area (Å²) >= 11 is 0. The molecule has 0 atom stereocenters. The van der Waals surface area contributed by atoms with Crippen LogP contribution in [0.15, 0.2) is 0 Å². The molecule has 6 heteroatoms. The van der Waals surface area contributed by atoms with Gasteiger partial charge >= 0.3 is 0 Å². The summed E-state index contributed by atoms with van der Waals surface area (Å²) in [5, 5.41) is 0. The lowest BCUT2D eigenvalue weighted by atomic mass is 9.87. The Labute approximate surface area is 109 Å². The van der Waals surface area contributed by atoms with Crippen molar-refractivity contribution in [3.63, 3.8) is 0 Å². The van der Waals surface area contributed by atoms with Crippen LogP contribution in [0.3, 0.4) is 0 Å². The summed E-state index contributed by atoms with van der Waals surface area (Å²) in [7, 11) is -3.06. The number of rotatable bonds is 4. The molecule has 0 spiro atoms. The van der Waals surface area contributed by atoms with Crippen LogP contribution >= 0.6 is 0 Å². The Balaban J connectivity index is 1.89. The number of hydrogen-bond acceptors (Lipinski definition) is 4. The van der Waals surface area contributed by atoms with E-state index in [0.717, 1.165) is 51.6 Å². The Morgan fingerprint density at radius 2 is 1.67 bits per heavy atom. The highest BCUT2D eigenvalue weighted by Gasteiger charge is 2.36. The number of nitrogens with zero attached hydrogens (tertiary/aromatic N) is 2. The molecule has 1 aliphatic heterocycles. The van der Waals surface area contributed by atoms with E-state index >= 15 is 0 Å². The van der Waals surface area contributed by atoms with E-state index in [4.69, 9.17) is 0 Å². The Kier molecular flexibility index (Phi) is 4.08. The number of aldehydes is 1. The molecule has 18 heavy (non-hydrogen) atoms. The number of hydrogen-bond donors (Lipinski definition) is 0. The molecule has 0 bridgehead atoms. The Morgan fingerprint density at radius 1 is 1.11 bits per heavy atom. The minimum absolute atomic E-state index is 0.159. The molecule has 2 rings (SSSR count). The lowest BCUT2D eigenvalue weighted by Gasteiger charge is -2.37. The molecule has 0 amide bonds. The van der Waals surface area contributed by atoms with Crippen molar-refractivity contribution in [2.24, 2.45) is 5.41 Å². The zero-order valence-electron chi connectivity index (χ0n) is 11.0. The number of carbonyl (C=O) groups excluding carboxylic acids is 1. The summed E-state index contributed by atoms with van der Waals surface area (Å²) in [6.07, 6.45) is 6.64. The summed E-state index contributed by atoms with van der Waals surface area (Å²) in [5.74, 6) is 0. The molecule has 1 saturated heterocycles. The van der Waals surface area contributed by atoms with Gasteiger partial charge in [0.2, 0.25) is 10.0 Å². The maximum Gasteiger partial charge on any atom is 0.211 e. The van der Waals surface area contributed by atoms with Crippen LogP contribution in [0.5, 0.6) is 0 Å². The van der Waals surface area contributed by atoms with Crippen LogP contribution in [0.1, 0.15) is 25.7 Å². The first-order valence-corrected chi connectivity index (χ1v) is 8.44. The van der Waals surface area contributed by atoms with E-state index in [9.17, 15) is 13.2 Å². The van der Waals surface area contributed by atoms with Crippen LogP contribution in [-0.4, -0.2) is 62.9 Å². The van der Waals surface area contributed by atoms with Crippen molar-refractivity contribution in [1.82, 2.24) is 9.21 Å². The van der Waals surface area contributed by atoms with Crippen molar-refractivity contribution in [3.05, 3.63) is 0 Å². The topological polar surface area (TPSA) is 57.7 Å². The maximum absolute atomic E-state index is 11.4. The normalized spacial score (nSPS) is 26.3. The van der Waals surface area contributed by atoms with Crippen molar-refractivity contribution in [2.45, 2.75) is 25.7 Å². The van der Waals surface area contributed by atoms with Gasteiger partial charge in [-0.15, -0.1) is 0 Å². The second-order valence-electron chi connectivity index (χ2n) is 5.63. The molecule has 0 unspecified atom stereocenters. The van der Waals surface area contributed by atoms with Gasteiger partial charge in [0, 0.05) is 38.1 Å². The third kappa shape index (κ3) is 3.10. The van der Waals surface area contributed by atoms with E-state index < -0.39 is 10.0 Å². The van der Waals surface area contributed by atoms with E-state index in [2.05, 4.69) is 4.90 Å². The lowest BCUT2D eigenvalue weighted by molar-refractivity contribution is -0.117. The van der Waals surface area contributed by atoms with Crippen LogP contribution in [0, 0.1) is 5.41 Å². The summed E-state index contributed by atoms with van der Waals surface area (Å²) in [6.45, 7) is 3.38. The first-order valence-electron chi connectivity index (χ1n) is 6.59. The van der Waals surface area contributed by atoms with Gasteiger partial charge in [-0.3, -0.25) is 4.90 Å². The molecule has 2 fully saturated rings. The standard InChI is InChI=1S/C12H22N2O3S/c1-18(16,17)14-8-6-13(7-9-14)10-12(11-15)4-2-3-5-12/h11H,2-10H2,1H3. The van der Waals surface area contributed by atoms with Gasteiger partial charge in [0.25, 0.3) is 0 Å². The van der Waals surface area contributed by atoms with Gasteiger partial charge in [-0.2, -0.15) is 4.31 Å². The van der Waals surface area contributed by atoms with Crippen molar-refractivity contribution < 1.29 is 13.2 Å². The maximum atomic E-state index is 11.4. The van der Waals surface area contributed by atoms with E-state index in [0.29, 0.717) is 13.1 Å². The molecule has 0 aromatic rings. The van der Waals surface area contributed by atoms with Gasteiger partial charge in [-0.1, -0.05) is 12.8 Å². The summed E-state index contributed by atoms with van der Waals surface area (Å²) < 4.78 is 24.3. The minimum atomic E-state index is -3.06. The van der Waals surface area contributed by atoms with Crippen LogP contribution in [0.4, 0.5) is 0 Å². The van der Waals surface area contributed by atoms with Gasteiger partial charge in [0.1, 0.15) is 6.29 Å². The molecule has 104 valence electrons. The predicted molar refractivity (Wildman–Crippen MR) is 69.8 cm³/mol. The van der Waals surface area contributed by atoms with Gasteiger partial charge in [-0.05, 0) is 12.8 Å². The fraction of sp³-hybridized carbons (Fsp3) is 0.917. The van der Waals surface area contributed by atoms with Crippen LogP contribution in [0.25, 0.3) is 0 Å². The average Bonchev–Trinajstić information content (AvgIpc) is 2.78. The van der Waals surface area contributed by atoms with E-state index in [1.165, 1.54) is 10.6 Å². The molecular formula is C12H22N2O3S. The summed E-state index contributed by atoms with van der Waals surface area (Å²) in [6, 6.07) is 0. The van der Waals surface area contributed by atoms with Gasteiger partial charge in [-0.25, -0.2) is 8.42 Å². The van der Waals surface area contributed by atoms with Gasteiger partial charge < -0.3 is 4.79 Å². The van der Waals surface area contributed by atoms with Crippen LogP contribution < -0.4 is 0 Å². The lowest BCUT2D eigenvalue weighted by Crippen LogP contribution is -2.51. The molecule has 1 aliphatic carbocycles. The average molecular weight is 274 g/mol. The highest BCUT2D eigenvalue weighted by molar-refractivity contribution is 7.88. The number of sulfonamides is 1. The van der Waals surface area contributed by atoms with Gasteiger partial charge in [0.15, 0.2) is 0 Å². The molecule has 2 aliphatic rings. The Bertz CT molecular complexity index is 394. The largest absolute Gasteiger partial charge is 0.303 e. The zero-order valence-corrected chi connectivity index (χ0v) is 11.8. The Hall–Kier alpha value is -0.460. The van der Waals surface area contributed by atoms with E-state index in [1.54, 1.807) is 0 Å². The van der Waals surface area contributed by atoms with E-state index in [1.807, 2.05) is 0 Å². The third-order valence-corrected chi connectivity index (χ3v) is 5.49. The van der Waals surface area contributed by atoms with Crippen molar-refractivity contribution in [1.29, 1.82) is 0 Å². The van der Waals surface area contributed by atoms with Crippen molar-refractivity contribution >= 4 is 16.3 Å². The number of carbonyl (C=O) groups is 1. The monoisotopic (exact) mass is 274 g/mol. The van der Waals surface area contributed by atoms with Gasteiger partial charge in [0.05, 0.1) is 6.26 Å². The smallest absolute Gasteiger partial charge is 0.211 e. The molecule has 1 saturated carbocycles. The molecule has 1 heterocycles. The third-order valence-electron chi connectivity index (χ3n) is 4.19. The highest BCUT2D eigenvalue weighted by atomic mass is 32.2. The van der Waals surface area contributed by atoms with Crippen LogP contribution in [-0.2, 0) is 14.8 Å². The first-order chi connectivity index (χ1) is 8.45. The van der Waals surface area contributed by atoms with Crippen molar-refractivity contribution in [3.8, 4) is 0 Å². The second kappa shape index (κ2) is 5.27. The van der Waals surface area contributed by atoms with E-state index in [-0.39, 0.29) is 5.41 Å². The zero-order chi connectivity index (χ0) is 13.2. The molecule has 0 N–H and O–H groups in total.